The van der Waals surface area contributed by atoms with Gasteiger partial charge in [-0.15, -0.1) is 0 Å². The molecule has 1 heterocycles. The molecule has 1 aromatic carbocycles. The zero-order chi connectivity index (χ0) is 13.5. The van der Waals surface area contributed by atoms with E-state index in [4.69, 9.17) is 16.3 Å². The molecule has 0 aromatic heterocycles. The minimum absolute atomic E-state index is 0.0235. The quantitative estimate of drug-likeness (QED) is 0.742. The summed E-state index contributed by atoms with van der Waals surface area (Å²) in [5.41, 5.74) is -0.101. The average molecular weight is 279 g/mol. The van der Waals surface area contributed by atoms with Gasteiger partial charge in [-0.25, -0.2) is 0 Å². The zero-order valence-electron chi connectivity index (χ0n) is 8.75. The van der Waals surface area contributed by atoms with Gasteiger partial charge in [-0.1, -0.05) is 17.7 Å². The Morgan fingerprint density at radius 2 is 2.06 bits per heavy atom. The van der Waals surface area contributed by atoms with E-state index in [1.807, 2.05) is 0 Å². The molecule has 0 fully saturated rings. The van der Waals surface area contributed by atoms with Crippen molar-refractivity contribution in [2.75, 3.05) is 6.61 Å². The summed E-state index contributed by atoms with van der Waals surface area (Å²) in [5, 5.41) is 0.124. The number of carbonyl (C=O) groups is 2. The highest BCUT2D eigenvalue weighted by atomic mass is 35.5. The monoisotopic (exact) mass is 278 g/mol. The largest absolute Gasteiger partial charge is 0.490 e. The number of ether oxygens (including phenoxy) is 1. The van der Waals surface area contributed by atoms with Gasteiger partial charge in [0.15, 0.2) is 5.78 Å². The lowest BCUT2D eigenvalue weighted by atomic mass is 9.91. The average Bonchev–Trinajstić information content (AvgIpc) is 2.29. The predicted molar refractivity (Wildman–Crippen MR) is 55.8 cm³/mol. The maximum absolute atomic E-state index is 12.3. The first-order valence-electron chi connectivity index (χ1n) is 4.89. The SMILES string of the molecule is O=C1c2cccc(Cl)c2OCC1C(=O)C(F)(F)F. The number of carbonyl (C=O) groups excluding carboxylic acids is 2. The lowest BCUT2D eigenvalue weighted by Gasteiger charge is -2.24. The Morgan fingerprint density at radius 1 is 1.39 bits per heavy atom. The number of fused-ring (bicyclic) bond motifs is 1. The van der Waals surface area contributed by atoms with Gasteiger partial charge < -0.3 is 4.74 Å². The Balaban J connectivity index is 2.38. The smallest absolute Gasteiger partial charge is 0.450 e. The molecule has 0 spiro atoms. The van der Waals surface area contributed by atoms with Gasteiger partial charge in [0.05, 0.1) is 10.6 Å². The van der Waals surface area contributed by atoms with Crippen LogP contribution in [0.3, 0.4) is 0 Å². The second-order valence-electron chi connectivity index (χ2n) is 3.71. The number of ketones is 2. The normalized spacial score (nSPS) is 19.1. The number of halogens is 4. The van der Waals surface area contributed by atoms with Gasteiger partial charge in [0.25, 0.3) is 5.78 Å². The minimum atomic E-state index is -5.06. The lowest BCUT2D eigenvalue weighted by Crippen LogP contribution is -2.41. The van der Waals surface area contributed by atoms with Crippen molar-refractivity contribution in [2.45, 2.75) is 6.18 Å². The summed E-state index contributed by atoms with van der Waals surface area (Å²) in [7, 11) is 0. The van der Waals surface area contributed by atoms with E-state index in [0.717, 1.165) is 0 Å². The van der Waals surface area contributed by atoms with Crippen molar-refractivity contribution in [3.8, 4) is 5.75 Å². The van der Waals surface area contributed by atoms with E-state index in [2.05, 4.69) is 0 Å². The standard InChI is InChI=1S/C11H6ClF3O3/c12-7-3-1-2-5-8(16)6(4-18-9(5)7)10(17)11(13,14)15/h1-3,6H,4H2. The Hall–Kier alpha value is -1.56. The number of hydrogen-bond acceptors (Lipinski definition) is 3. The van der Waals surface area contributed by atoms with Gasteiger partial charge in [0.1, 0.15) is 18.3 Å². The molecule has 0 radical (unpaired) electrons. The van der Waals surface area contributed by atoms with E-state index in [-0.39, 0.29) is 16.3 Å². The summed E-state index contributed by atoms with van der Waals surface area (Å²) in [6.45, 7) is -0.645. The Labute approximate surface area is 104 Å². The van der Waals surface area contributed by atoms with Gasteiger partial charge in [-0.3, -0.25) is 9.59 Å². The molecular weight excluding hydrogens is 273 g/mol. The van der Waals surface area contributed by atoms with Crippen LogP contribution in [0.1, 0.15) is 10.4 Å². The van der Waals surface area contributed by atoms with E-state index in [0.29, 0.717) is 0 Å². The molecule has 18 heavy (non-hydrogen) atoms. The fourth-order valence-electron chi connectivity index (χ4n) is 1.67. The molecule has 0 N–H and O–H groups in total. The van der Waals surface area contributed by atoms with Crippen molar-refractivity contribution < 1.29 is 27.5 Å². The molecule has 1 atom stereocenters. The van der Waals surface area contributed by atoms with Crippen LogP contribution in [-0.4, -0.2) is 24.3 Å². The molecule has 1 aromatic rings. The summed E-state index contributed by atoms with van der Waals surface area (Å²) in [6, 6.07) is 4.13. The van der Waals surface area contributed by atoms with Crippen LogP contribution in [-0.2, 0) is 4.79 Å². The maximum Gasteiger partial charge on any atom is 0.450 e. The molecule has 0 saturated heterocycles. The van der Waals surface area contributed by atoms with Crippen molar-refractivity contribution in [1.29, 1.82) is 0 Å². The van der Waals surface area contributed by atoms with Crippen LogP contribution in [0, 0.1) is 5.92 Å². The van der Waals surface area contributed by atoms with Gasteiger partial charge in [-0.05, 0) is 12.1 Å². The Morgan fingerprint density at radius 3 is 2.67 bits per heavy atom. The van der Waals surface area contributed by atoms with E-state index in [1.165, 1.54) is 18.2 Å². The minimum Gasteiger partial charge on any atom is -0.490 e. The van der Waals surface area contributed by atoms with Crippen LogP contribution in [0.25, 0.3) is 0 Å². The third-order valence-corrected chi connectivity index (χ3v) is 2.84. The second kappa shape index (κ2) is 4.28. The van der Waals surface area contributed by atoms with E-state index in [1.54, 1.807) is 0 Å². The fraction of sp³-hybridized carbons (Fsp3) is 0.273. The molecule has 0 saturated carbocycles. The van der Waals surface area contributed by atoms with Gasteiger partial charge in [0.2, 0.25) is 0 Å². The van der Waals surface area contributed by atoms with Crippen LogP contribution in [0.5, 0.6) is 5.75 Å². The Bertz CT molecular complexity index is 525. The molecule has 0 amide bonds. The topological polar surface area (TPSA) is 43.4 Å². The van der Waals surface area contributed by atoms with Crippen molar-refractivity contribution in [2.24, 2.45) is 5.92 Å². The number of Topliss-reactive ketones (excluding diaryl/α,β-unsaturated/α-hetero) is 2. The second-order valence-corrected chi connectivity index (χ2v) is 4.11. The molecule has 7 heteroatoms. The van der Waals surface area contributed by atoms with Gasteiger partial charge in [0, 0.05) is 0 Å². The summed E-state index contributed by atoms with van der Waals surface area (Å²) in [6.07, 6.45) is -5.06. The number of alkyl halides is 3. The molecule has 96 valence electrons. The van der Waals surface area contributed by atoms with Crippen molar-refractivity contribution in [1.82, 2.24) is 0 Å². The molecule has 0 aliphatic carbocycles. The molecule has 3 nitrogen and oxygen atoms in total. The highest BCUT2D eigenvalue weighted by Gasteiger charge is 2.48. The lowest BCUT2D eigenvalue weighted by molar-refractivity contribution is -0.174. The number of para-hydroxylation sites is 1. The Kier molecular flexibility index (Phi) is 3.06. The summed E-state index contributed by atoms with van der Waals surface area (Å²) in [4.78, 5) is 22.9. The summed E-state index contributed by atoms with van der Waals surface area (Å²) >= 11 is 5.74. The number of rotatable bonds is 1. The first-order valence-corrected chi connectivity index (χ1v) is 5.26. The van der Waals surface area contributed by atoms with E-state index in [9.17, 15) is 22.8 Å². The maximum atomic E-state index is 12.3. The number of benzene rings is 1. The van der Waals surface area contributed by atoms with E-state index < -0.39 is 30.3 Å². The first-order chi connectivity index (χ1) is 8.32. The third kappa shape index (κ3) is 2.08. The number of hydrogen-bond donors (Lipinski definition) is 0. The van der Waals surface area contributed by atoms with Gasteiger partial charge in [-0.2, -0.15) is 13.2 Å². The van der Waals surface area contributed by atoms with Gasteiger partial charge >= 0.3 is 6.18 Å². The van der Waals surface area contributed by atoms with Crippen molar-refractivity contribution in [3.63, 3.8) is 0 Å². The summed E-state index contributed by atoms with van der Waals surface area (Å²) in [5.74, 6) is -4.84. The molecular formula is C11H6ClF3O3. The predicted octanol–water partition coefficient (Wildman–Crippen LogP) is 2.66. The highest BCUT2D eigenvalue weighted by Crippen LogP contribution is 2.36. The molecule has 0 bridgehead atoms. The highest BCUT2D eigenvalue weighted by molar-refractivity contribution is 6.33. The van der Waals surface area contributed by atoms with Crippen LogP contribution in [0.4, 0.5) is 13.2 Å². The van der Waals surface area contributed by atoms with Crippen molar-refractivity contribution in [3.05, 3.63) is 28.8 Å². The van der Waals surface area contributed by atoms with Crippen LogP contribution in [0.2, 0.25) is 5.02 Å². The molecule has 1 aliphatic rings. The van der Waals surface area contributed by atoms with Crippen LogP contribution >= 0.6 is 11.6 Å². The third-order valence-electron chi connectivity index (χ3n) is 2.54. The van der Waals surface area contributed by atoms with Crippen LogP contribution < -0.4 is 4.74 Å². The fourth-order valence-corrected chi connectivity index (χ4v) is 1.90. The molecule has 1 unspecified atom stereocenters. The summed E-state index contributed by atoms with van der Waals surface area (Å²) < 4.78 is 41.8. The molecule has 1 aliphatic heterocycles. The first kappa shape index (κ1) is 12.9. The van der Waals surface area contributed by atoms with Crippen LogP contribution in [0.15, 0.2) is 18.2 Å². The van der Waals surface area contributed by atoms with E-state index >= 15 is 0 Å². The van der Waals surface area contributed by atoms with Crippen molar-refractivity contribution >= 4 is 23.2 Å². The zero-order valence-corrected chi connectivity index (χ0v) is 9.51. The molecule has 2 rings (SSSR count).